The lowest BCUT2D eigenvalue weighted by molar-refractivity contribution is 0.574. The van der Waals surface area contributed by atoms with Gasteiger partial charge in [0.1, 0.15) is 5.82 Å². The van der Waals surface area contributed by atoms with Crippen LogP contribution in [0.2, 0.25) is 0 Å². The molecule has 1 aliphatic rings. The molecule has 1 aromatic heterocycles. The Morgan fingerprint density at radius 2 is 2.10 bits per heavy atom. The molecular formula is C16H28N4. The van der Waals surface area contributed by atoms with Gasteiger partial charge in [-0.3, -0.25) is 0 Å². The summed E-state index contributed by atoms with van der Waals surface area (Å²) >= 11 is 0. The maximum Gasteiger partial charge on any atom is 0.131 e. The van der Waals surface area contributed by atoms with E-state index < -0.39 is 0 Å². The minimum absolute atomic E-state index is 0.373. The number of nitrogens with one attached hydrogen (secondary N) is 1. The summed E-state index contributed by atoms with van der Waals surface area (Å²) in [6, 6.07) is 1.07. The number of aromatic nitrogens is 2. The maximum atomic E-state index is 4.81. The van der Waals surface area contributed by atoms with Crippen molar-refractivity contribution in [2.75, 3.05) is 11.4 Å². The van der Waals surface area contributed by atoms with Gasteiger partial charge in [-0.15, -0.1) is 0 Å². The van der Waals surface area contributed by atoms with Crippen molar-refractivity contribution >= 4 is 5.69 Å². The van der Waals surface area contributed by atoms with E-state index in [0.717, 1.165) is 24.6 Å². The zero-order valence-electron chi connectivity index (χ0n) is 13.5. The second-order valence-electron chi connectivity index (χ2n) is 6.44. The molecule has 0 saturated carbocycles. The number of nitrogens with zero attached hydrogens (tertiary/aromatic N) is 3. The van der Waals surface area contributed by atoms with Crippen LogP contribution < -0.4 is 10.2 Å². The Hall–Kier alpha value is -1.16. The molecule has 0 radical (unpaired) electrons. The molecule has 0 aliphatic carbocycles. The molecule has 4 heteroatoms. The third-order valence-corrected chi connectivity index (χ3v) is 3.92. The van der Waals surface area contributed by atoms with Crippen LogP contribution in [0.15, 0.2) is 6.20 Å². The quantitative estimate of drug-likeness (QED) is 0.897. The largest absolute Gasteiger partial charge is 0.366 e. The van der Waals surface area contributed by atoms with E-state index in [4.69, 9.17) is 4.98 Å². The molecule has 1 atom stereocenters. The lowest BCUT2D eigenvalue weighted by Gasteiger charge is -2.26. The van der Waals surface area contributed by atoms with E-state index in [1.54, 1.807) is 0 Å². The molecule has 2 heterocycles. The molecule has 1 N–H and O–H groups in total. The van der Waals surface area contributed by atoms with Crippen LogP contribution in [0.25, 0.3) is 0 Å². The summed E-state index contributed by atoms with van der Waals surface area (Å²) in [5.74, 6) is 1.32. The predicted octanol–water partition coefficient (Wildman–Crippen LogP) is 3.09. The fourth-order valence-corrected chi connectivity index (χ4v) is 2.67. The molecule has 1 fully saturated rings. The monoisotopic (exact) mass is 276 g/mol. The summed E-state index contributed by atoms with van der Waals surface area (Å²) in [5, 5.41) is 3.49. The van der Waals surface area contributed by atoms with Gasteiger partial charge in [-0.1, -0.05) is 27.7 Å². The molecule has 1 saturated heterocycles. The van der Waals surface area contributed by atoms with Gasteiger partial charge in [0.25, 0.3) is 0 Å². The second kappa shape index (κ2) is 6.53. The third-order valence-electron chi connectivity index (χ3n) is 3.92. The van der Waals surface area contributed by atoms with Crippen LogP contribution in [0.1, 0.15) is 64.9 Å². The van der Waals surface area contributed by atoms with Crippen LogP contribution in [0.3, 0.4) is 0 Å². The summed E-state index contributed by atoms with van der Waals surface area (Å²) in [6.45, 7) is 12.9. The SMILES string of the molecule is CC(C)NCc1nc(C(C)C)ncc1N1CCCC1C. The summed E-state index contributed by atoms with van der Waals surface area (Å²) in [4.78, 5) is 11.8. The molecule has 0 aromatic carbocycles. The standard InChI is InChI=1S/C16H28N4/c1-11(2)16-18-10-15(20-8-6-7-13(20)5)14(19-16)9-17-12(3)4/h10-13,17H,6-9H2,1-5H3. The average molecular weight is 276 g/mol. The first-order chi connectivity index (χ1) is 9.49. The smallest absolute Gasteiger partial charge is 0.131 e. The third kappa shape index (κ3) is 3.48. The van der Waals surface area contributed by atoms with E-state index in [1.807, 2.05) is 6.20 Å². The number of hydrogen-bond acceptors (Lipinski definition) is 4. The molecule has 4 nitrogen and oxygen atoms in total. The van der Waals surface area contributed by atoms with Gasteiger partial charge in [-0.2, -0.15) is 0 Å². The topological polar surface area (TPSA) is 41.1 Å². The van der Waals surface area contributed by atoms with Crippen molar-refractivity contribution in [2.24, 2.45) is 0 Å². The van der Waals surface area contributed by atoms with Crippen LogP contribution in [0.5, 0.6) is 0 Å². The summed E-state index contributed by atoms with van der Waals surface area (Å²) in [5.41, 5.74) is 2.36. The molecule has 1 unspecified atom stereocenters. The van der Waals surface area contributed by atoms with Gasteiger partial charge in [-0.05, 0) is 19.8 Å². The Bertz CT molecular complexity index is 442. The van der Waals surface area contributed by atoms with Crippen molar-refractivity contribution in [1.82, 2.24) is 15.3 Å². The zero-order chi connectivity index (χ0) is 14.7. The second-order valence-corrected chi connectivity index (χ2v) is 6.44. The van der Waals surface area contributed by atoms with Crippen LogP contribution in [0.4, 0.5) is 5.69 Å². The van der Waals surface area contributed by atoms with E-state index in [9.17, 15) is 0 Å². The minimum atomic E-state index is 0.373. The van der Waals surface area contributed by atoms with Gasteiger partial charge in [0.2, 0.25) is 0 Å². The molecule has 1 aliphatic heterocycles. The first-order valence-electron chi connectivity index (χ1n) is 7.85. The van der Waals surface area contributed by atoms with E-state index in [-0.39, 0.29) is 0 Å². The lowest BCUT2D eigenvalue weighted by atomic mass is 10.2. The normalized spacial score (nSPS) is 19.4. The summed E-state index contributed by atoms with van der Waals surface area (Å²) in [6.07, 6.45) is 4.56. The van der Waals surface area contributed by atoms with Gasteiger partial charge < -0.3 is 10.2 Å². The molecule has 0 spiro atoms. The Labute approximate surface area is 123 Å². The highest BCUT2D eigenvalue weighted by atomic mass is 15.2. The van der Waals surface area contributed by atoms with Crippen molar-refractivity contribution in [3.63, 3.8) is 0 Å². The molecule has 1 aromatic rings. The fraction of sp³-hybridized carbons (Fsp3) is 0.750. The van der Waals surface area contributed by atoms with Crippen LogP contribution in [-0.2, 0) is 6.54 Å². The van der Waals surface area contributed by atoms with Crippen LogP contribution in [-0.4, -0.2) is 28.6 Å². The van der Waals surface area contributed by atoms with Crippen molar-refractivity contribution < 1.29 is 0 Å². The fourth-order valence-electron chi connectivity index (χ4n) is 2.67. The predicted molar refractivity (Wildman–Crippen MR) is 84.1 cm³/mol. The van der Waals surface area contributed by atoms with E-state index in [2.05, 4.69) is 49.8 Å². The van der Waals surface area contributed by atoms with Gasteiger partial charge in [0.05, 0.1) is 17.6 Å². The van der Waals surface area contributed by atoms with Gasteiger partial charge in [0.15, 0.2) is 0 Å². The number of rotatable bonds is 5. The van der Waals surface area contributed by atoms with Gasteiger partial charge in [-0.25, -0.2) is 9.97 Å². The summed E-state index contributed by atoms with van der Waals surface area (Å²) < 4.78 is 0. The molecule has 0 amide bonds. The first-order valence-corrected chi connectivity index (χ1v) is 7.85. The van der Waals surface area contributed by atoms with Crippen molar-refractivity contribution in [3.8, 4) is 0 Å². The minimum Gasteiger partial charge on any atom is -0.366 e. The van der Waals surface area contributed by atoms with Gasteiger partial charge >= 0.3 is 0 Å². The Morgan fingerprint density at radius 3 is 2.65 bits per heavy atom. The summed E-state index contributed by atoms with van der Waals surface area (Å²) in [7, 11) is 0. The highest BCUT2D eigenvalue weighted by Gasteiger charge is 2.24. The van der Waals surface area contributed by atoms with Crippen molar-refractivity contribution in [1.29, 1.82) is 0 Å². The zero-order valence-corrected chi connectivity index (χ0v) is 13.5. The highest BCUT2D eigenvalue weighted by molar-refractivity contribution is 5.51. The highest BCUT2D eigenvalue weighted by Crippen LogP contribution is 2.28. The van der Waals surface area contributed by atoms with E-state index >= 15 is 0 Å². The molecule has 2 rings (SSSR count). The Balaban J connectivity index is 2.28. The van der Waals surface area contributed by atoms with Crippen LogP contribution >= 0.6 is 0 Å². The Morgan fingerprint density at radius 1 is 1.35 bits per heavy atom. The van der Waals surface area contributed by atoms with Crippen molar-refractivity contribution in [2.45, 2.75) is 72.0 Å². The molecule has 20 heavy (non-hydrogen) atoms. The maximum absolute atomic E-state index is 4.81. The number of hydrogen-bond donors (Lipinski definition) is 1. The molecule has 112 valence electrons. The molecule has 0 bridgehead atoms. The van der Waals surface area contributed by atoms with Crippen LogP contribution in [0, 0.1) is 0 Å². The first kappa shape index (κ1) is 15.2. The average Bonchev–Trinajstić information content (AvgIpc) is 2.82. The lowest BCUT2D eigenvalue weighted by Crippen LogP contribution is -2.30. The van der Waals surface area contributed by atoms with Gasteiger partial charge in [0, 0.05) is 31.1 Å². The molecular weight excluding hydrogens is 248 g/mol. The number of anilines is 1. The van der Waals surface area contributed by atoms with Crippen molar-refractivity contribution in [3.05, 3.63) is 17.7 Å². The van der Waals surface area contributed by atoms with E-state index in [1.165, 1.54) is 18.5 Å². The Kier molecular flexibility index (Phi) is 4.97. The van der Waals surface area contributed by atoms with E-state index in [0.29, 0.717) is 18.0 Å².